The number of fused-ring (bicyclic) bond motifs is 3. The van der Waals surface area contributed by atoms with Crippen LogP contribution >= 0.6 is 11.8 Å². The zero-order valence-electron chi connectivity index (χ0n) is 23.9. The van der Waals surface area contributed by atoms with Crippen LogP contribution in [0.3, 0.4) is 0 Å². The van der Waals surface area contributed by atoms with Crippen LogP contribution in [0.4, 0.5) is 13.2 Å². The van der Waals surface area contributed by atoms with E-state index in [2.05, 4.69) is 17.0 Å². The average molecular weight is 615 g/mol. The number of imide groups is 1. The lowest BCUT2D eigenvalue weighted by atomic mass is 9.75. The Hall–Kier alpha value is -2.80. The Morgan fingerprint density at radius 2 is 1.74 bits per heavy atom. The van der Waals surface area contributed by atoms with Crippen molar-refractivity contribution in [1.82, 2.24) is 9.80 Å². The summed E-state index contributed by atoms with van der Waals surface area (Å²) in [7, 11) is 3.07. The maximum atomic E-state index is 13.6. The first kappa shape index (κ1) is 32.1. The van der Waals surface area contributed by atoms with Gasteiger partial charge in [0.05, 0.1) is 26.1 Å². The van der Waals surface area contributed by atoms with Gasteiger partial charge in [0.1, 0.15) is 11.3 Å². The first-order valence-electron chi connectivity index (χ1n) is 14.3. The number of rotatable bonds is 6. The number of aliphatic carboxylic acids is 1. The normalized spacial score (nSPS) is 28.0. The van der Waals surface area contributed by atoms with E-state index in [0.717, 1.165) is 29.1 Å². The standard InChI is InChI=1S/C27H36N2O5S.C2HF3O2/c1-4-28-24(30)21-22(25(28)31)27(26(32)34-3)14-8-9-15-29(27)23(21)17-12-13-20(19(16-17)33-2)35-18-10-6-5-7-11-18;3-2(4,5)1(6)7/h12-13,16,18,21-23H,4-11,14-15H2,1-3H3;(H,6,7)/t21?,22?,23?,27-;/m0./s1. The van der Waals surface area contributed by atoms with Gasteiger partial charge >= 0.3 is 18.1 Å². The number of carboxylic acids is 1. The summed E-state index contributed by atoms with van der Waals surface area (Å²) < 4.78 is 42.9. The van der Waals surface area contributed by atoms with E-state index in [9.17, 15) is 27.6 Å². The number of esters is 1. The van der Waals surface area contributed by atoms with E-state index in [1.807, 2.05) is 24.8 Å². The highest BCUT2D eigenvalue weighted by atomic mass is 32.2. The predicted octanol–water partition coefficient (Wildman–Crippen LogP) is 4.83. The summed E-state index contributed by atoms with van der Waals surface area (Å²) in [6, 6.07) is 5.84. The summed E-state index contributed by atoms with van der Waals surface area (Å²) in [5.74, 6) is -4.08. The van der Waals surface area contributed by atoms with Crippen LogP contribution in [-0.2, 0) is 23.9 Å². The number of hydrogen-bond donors (Lipinski definition) is 1. The fraction of sp³-hybridized carbons (Fsp3) is 0.655. The minimum absolute atomic E-state index is 0.176. The topological polar surface area (TPSA) is 113 Å². The molecule has 0 bridgehead atoms. The van der Waals surface area contributed by atoms with E-state index < -0.39 is 35.5 Å². The second-order valence-corrected chi connectivity index (χ2v) is 12.4. The molecule has 3 aliphatic heterocycles. The van der Waals surface area contributed by atoms with Crippen LogP contribution in [0.2, 0.25) is 0 Å². The second kappa shape index (κ2) is 12.8. The maximum Gasteiger partial charge on any atom is 0.490 e. The predicted molar refractivity (Wildman–Crippen MR) is 147 cm³/mol. The third-order valence-corrected chi connectivity index (χ3v) is 10.2. The van der Waals surface area contributed by atoms with Gasteiger partial charge in [-0.25, -0.2) is 4.79 Å². The zero-order valence-corrected chi connectivity index (χ0v) is 24.8. The van der Waals surface area contributed by atoms with Crippen LogP contribution in [0.25, 0.3) is 0 Å². The molecule has 42 heavy (non-hydrogen) atoms. The van der Waals surface area contributed by atoms with Gasteiger partial charge in [-0.2, -0.15) is 13.2 Å². The van der Waals surface area contributed by atoms with Crippen LogP contribution in [0.15, 0.2) is 23.1 Å². The molecule has 232 valence electrons. The Bertz CT molecular complexity index is 1210. The molecule has 2 amide bonds. The summed E-state index contributed by atoms with van der Waals surface area (Å²) in [5, 5.41) is 7.72. The Morgan fingerprint density at radius 3 is 2.31 bits per heavy atom. The summed E-state index contributed by atoms with van der Waals surface area (Å²) in [4.78, 5) is 53.9. The van der Waals surface area contributed by atoms with Crippen molar-refractivity contribution in [3.05, 3.63) is 23.8 Å². The molecule has 1 N–H and O–H groups in total. The molecule has 3 saturated heterocycles. The number of carbonyl (C=O) groups is 4. The van der Waals surface area contributed by atoms with Crippen molar-refractivity contribution in [2.45, 2.75) is 86.2 Å². The fourth-order valence-corrected chi connectivity index (χ4v) is 8.39. The molecule has 4 fully saturated rings. The van der Waals surface area contributed by atoms with E-state index >= 15 is 0 Å². The number of nitrogens with zero attached hydrogens (tertiary/aromatic N) is 2. The molecular formula is C29H37F3N2O7S. The molecule has 0 radical (unpaired) electrons. The molecule has 5 rings (SSSR count). The molecule has 1 aromatic rings. The van der Waals surface area contributed by atoms with Gasteiger partial charge in [-0.1, -0.05) is 25.3 Å². The summed E-state index contributed by atoms with van der Waals surface area (Å²) in [6.45, 7) is 2.78. The highest BCUT2D eigenvalue weighted by Crippen LogP contribution is 2.59. The Labute approximate surface area is 247 Å². The molecule has 9 nitrogen and oxygen atoms in total. The number of carbonyl (C=O) groups excluding carboxylic acids is 3. The molecule has 3 heterocycles. The van der Waals surface area contributed by atoms with Crippen LogP contribution in [-0.4, -0.2) is 82.9 Å². The molecule has 4 aliphatic rings. The fourth-order valence-electron chi connectivity index (χ4n) is 7.06. The van der Waals surface area contributed by atoms with Gasteiger partial charge in [-0.05, 0) is 63.3 Å². The average Bonchev–Trinajstić information content (AvgIpc) is 3.42. The van der Waals surface area contributed by atoms with Crippen molar-refractivity contribution in [3.8, 4) is 5.75 Å². The maximum absolute atomic E-state index is 13.6. The van der Waals surface area contributed by atoms with Gasteiger partial charge in [-0.15, -0.1) is 11.8 Å². The number of ether oxygens (including phenoxy) is 2. The molecule has 4 atom stereocenters. The SMILES string of the molecule is CCN1C(=O)C2C(c3ccc(SC4CCCCC4)c(OC)c3)N3CCCC[C@@]3(C(=O)OC)C2C1=O.O=C(O)C(F)(F)F. The van der Waals surface area contributed by atoms with Crippen LogP contribution in [0, 0.1) is 11.8 Å². The van der Waals surface area contributed by atoms with Crippen molar-refractivity contribution in [1.29, 1.82) is 0 Å². The number of amides is 2. The minimum Gasteiger partial charge on any atom is -0.496 e. The molecule has 13 heteroatoms. The Kier molecular flexibility index (Phi) is 9.81. The number of halogens is 3. The van der Waals surface area contributed by atoms with Crippen LogP contribution in [0.1, 0.15) is 69.9 Å². The number of benzene rings is 1. The molecular weight excluding hydrogens is 577 g/mol. The number of methoxy groups -OCH3 is 2. The Balaban J connectivity index is 0.000000517. The monoisotopic (exact) mass is 614 g/mol. The van der Waals surface area contributed by atoms with Gasteiger partial charge in [0.15, 0.2) is 0 Å². The van der Waals surface area contributed by atoms with Crippen molar-refractivity contribution < 1.29 is 46.9 Å². The second-order valence-electron chi connectivity index (χ2n) is 11.0. The molecule has 1 saturated carbocycles. The molecule has 0 aromatic heterocycles. The number of likely N-dealkylation sites (tertiary alicyclic amines) is 1. The zero-order chi connectivity index (χ0) is 30.8. The first-order chi connectivity index (χ1) is 19.9. The van der Waals surface area contributed by atoms with Gasteiger partial charge in [-0.3, -0.25) is 24.2 Å². The lowest BCUT2D eigenvalue weighted by Crippen LogP contribution is -2.59. The van der Waals surface area contributed by atoms with E-state index in [-0.39, 0.29) is 17.9 Å². The minimum atomic E-state index is -5.08. The quantitative estimate of drug-likeness (QED) is 0.356. The number of thioether (sulfide) groups is 1. The highest BCUT2D eigenvalue weighted by molar-refractivity contribution is 8.00. The number of piperidine rings is 1. The summed E-state index contributed by atoms with van der Waals surface area (Å²) in [6.07, 6.45) is 3.51. The van der Waals surface area contributed by atoms with Crippen LogP contribution < -0.4 is 4.74 Å². The third kappa shape index (κ3) is 5.73. The number of carboxylic acid groups (broad SMARTS) is 1. The van der Waals surface area contributed by atoms with Gasteiger partial charge < -0.3 is 14.6 Å². The Morgan fingerprint density at radius 1 is 1.07 bits per heavy atom. The largest absolute Gasteiger partial charge is 0.496 e. The van der Waals surface area contributed by atoms with Crippen molar-refractivity contribution in [3.63, 3.8) is 0 Å². The van der Waals surface area contributed by atoms with E-state index in [0.29, 0.717) is 24.8 Å². The smallest absolute Gasteiger partial charge is 0.490 e. The first-order valence-corrected chi connectivity index (χ1v) is 15.1. The van der Waals surface area contributed by atoms with Crippen molar-refractivity contribution in [2.24, 2.45) is 11.8 Å². The molecule has 0 spiro atoms. The lowest BCUT2D eigenvalue weighted by molar-refractivity contribution is -0.192. The van der Waals surface area contributed by atoms with Gasteiger partial charge in [0.25, 0.3) is 0 Å². The van der Waals surface area contributed by atoms with E-state index in [1.54, 1.807) is 7.11 Å². The molecule has 3 unspecified atom stereocenters. The number of alkyl halides is 3. The summed E-state index contributed by atoms with van der Waals surface area (Å²) in [5.41, 5.74) is -0.168. The number of hydrogen-bond acceptors (Lipinski definition) is 8. The lowest BCUT2D eigenvalue weighted by Gasteiger charge is -2.44. The van der Waals surface area contributed by atoms with E-state index in [1.165, 1.54) is 44.1 Å². The van der Waals surface area contributed by atoms with Gasteiger partial charge in [0, 0.05) is 22.7 Å². The van der Waals surface area contributed by atoms with Crippen molar-refractivity contribution in [2.75, 3.05) is 27.3 Å². The third-order valence-electron chi connectivity index (χ3n) is 8.82. The van der Waals surface area contributed by atoms with Crippen LogP contribution in [0.5, 0.6) is 5.75 Å². The van der Waals surface area contributed by atoms with Crippen molar-refractivity contribution >= 4 is 35.5 Å². The molecule has 1 aromatic carbocycles. The molecule has 1 aliphatic carbocycles. The van der Waals surface area contributed by atoms with E-state index in [4.69, 9.17) is 19.4 Å². The summed E-state index contributed by atoms with van der Waals surface area (Å²) >= 11 is 1.88. The highest BCUT2D eigenvalue weighted by Gasteiger charge is 2.72. The van der Waals surface area contributed by atoms with Gasteiger partial charge in [0.2, 0.25) is 11.8 Å².